The van der Waals surface area contributed by atoms with Gasteiger partial charge in [0.1, 0.15) is 0 Å². The van der Waals surface area contributed by atoms with Crippen molar-refractivity contribution < 1.29 is 4.52 Å². The Kier molecular flexibility index (Phi) is 3.65. The molecule has 0 spiro atoms. The van der Waals surface area contributed by atoms with Crippen LogP contribution in [-0.2, 0) is 0 Å². The molecule has 4 rings (SSSR count). The van der Waals surface area contributed by atoms with Crippen LogP contribution in [0.5, 0.6) is 0 Å². The largest absolute Gasteiger partial charge is 0.361 e. The average molecular weight is 310 g/mol. The molecule has 2 aromatic heterocycles. The number of rotatable bonds is 3. The molecular weight excluding hydrogens is 288 g/mol. The lowest BCUT2D eigenvalue weighted by atomic mass is 9.88. The molecule has 5 heteroatoms. The number of piperidine rings is 1. The fourth-order valence-electron chi connectivity index (χ4n) is 3.67. The van der Waals surface area contributed by atoms with Crippen LogP contribution in [0.1, 0.15) is 49.0 Å². The average Bonchev–Trinajstić information content (AvgIpc) is 3.21. The van der Waals surface area contributed by atoms with Gasteiger partial charge in [0.05, 0.1) is 6.04 Å². The van der Waals surface area contributed by atoms with Crippen molar-refractivity contribution in [3.63, 3.8) is 0 Å². The number of para-hydroxylation sites is 1. The zero-order chi connectivity index (χ0) is 15.8. The number of hydrogen-bond acceptors (Lipinski definition) is 4. The van der Waals surface area contributed by atoms with Crippen LogP contribution < -0.4 is 0 Å². The van der Waals surface area contributed by atoms with Gasteiger partial charge in [0.2, 0.25) is 5.89 Å². The Hall–Kier alpha value is -2.14. The molecule has 0 saturated carbocycles. The third kappa shape index (κ3) is 2.65. The van der Waals surface area contributed by atoms with Gasteiger partial charge in [-0.3, -0.25) is 4.90 Å². The lowest BCUT2D eigenvalue weighted by Gasteiger charge is -2.34. The molecule has 3 aromatic rings. The summed E-state index contributed by atoms with van der Waals surface area (Å²) in [4.78, 5) is 10.2. The van der Waals surface area contributed by atoms with Crippen LogP contribution in [0.4, 0.5) is 0 Å². The van der Waals surface area contributed by atoms with E-state index in [1.165, 1.54) is 29.3 Å². The summed E-state index contributed by atoms with van der Waals surface area (Å²) >= 11 is 0. The van der Waals surface area contributed by atoms with E-state index in [1.807, 2.05) is 6.92 Å². The van der Waals surface area contributed by atoms with Crippen LogP contribution in [0.15, 0.2) is 35.0 Å². The number of nitrogens with zero attached hydrogens (tertiary/aromatic N) is 3. The Labute approximate surface area is 135 Å². The summed E-state index contributed by atoms with van der Waals surface area (Å²) in [5, 5.41) is 5.27. The Morgan fingerprint density at radius 3 is 2.78 bits per heavy atom. The Morgan fingerprint density at radius 2 is 2.04 bits per heavy atom. The van der Waals surface area contributed by atoms with E-state index in [0.717, 1.165) is 19.0 Å². The van der Waals surface area contributed by atoms with Gasteiger partial charge >= 0.3 is 0 Å². The SMILES string of the molecule is Cc1noc(C(C)N2CCC(c3c[nH]c4ccccc34)CC2)n1. The monoisotopic (exact) mass is 310 g/mol. The molecular formula is C18H22N4O. The second kappa shape index (κ2) is 5.81. The summed E-state index contributed by atoms with van der Waals surface area (Å²) in [5.74, 6) is 2.06. The fourth-order valence-corrected chi connectivity index (χ4v) is 3.67. The number of fused-ring (bicyclic) bond motifs is 1. The first-order valence-electron chi connectivity index (χ1n) is 8.32. The normalized spacial score (nSPS) is 18.5. The highest BCUT2D eigenvalue weighted by atomic mass is 16.5. The van der Waals surface area contributed by atoms with Gasteiger partial charge in [-0.15, -0.1) is 0 Å². The lowest BCUT2D eigenvalue weighted by Crippen LogP contribution is -2.35. The zero-order valence-electron chi connectivity index (χ0n) is 13.6. The highest BCUT2D eigenvalue weighted by molar-refractivity contribution is 5.83. The molecule has 23 heavy (non-hydrogen) atoms. The molecule has 5 nitrogen and oxygen atoms in total. The Bertz CT molecular complexity index is 798. The van der Waals surface area contributed by atoms with E-state index in [1.54, 1.807) is 0 Å². The van der Waals surface area contributed by atoms with Crippen molar-refractivity contribution in [2.45, 2.75) is 38.6 Å². The number of aromatic amines is 1. The van der Waals surface area contributed by atoms with Crippen molar-refractivity contribution in [2.24, 2.45) is 0 Å². The summed E-state index contributed by atoms with van der Waals surface area (Å²) in [6.45, 7) is 6.14. The van der Waals surface area contributed by atoms with Crippen LogP contribution in [0.2, 0.25) is 0 Å². The van der Waals surface area contributed by atoms with Gasteiger partial charge in [0.15, 0.2) is 5.82 Å². The number of H-pyrrole nitrogens is 1. The second-order valence-electron chi connectivity index (χ2n) is 6.46. The summed E-state index contributed by atoms with van der Waals surface area (Å²) in [7, 11) is 0. The Morgan fingerprint density at radius 1 is 1.26 bits per heavy atom. The van der Waals surface area contributed by atoms with Gasteiger partial charge < -0.3 is 9.51 Å². The van der Waals surface area contributed by atoms with Crippen molar-refractivity contribution in [1.29, 1.82) is 0 Å². The molecule has 0 aliphatic carbocycles. The molecule has 1 aliphatic rings. The van der Waals surface area contributed by atoms with E-state index in [-0.39, 0.29) is 6.04 Å². The standard InChI is InChI=1S/C18H22N4O/c1-12(18-20-13(2)21-23-18)22-9-7-14(8-10-22)16-11-19-17-6-4-3-5-15(16)17/h3-6,11-12,14,19H,7-10H2,1-2H3. The van der Waals surface area contributed by atoms with Crippen LogP contribution in [0.3, 0.4) is 0 Å². The van der Waals surface area contributed by atoms with Gasteiger partial charge in [0, 0.05) is 17.1 Å². The van der Waals surface area contributed by atoms with Crippen LogP contribution in [-0.4, -0.2) is 33.1 Å². The molecule has 0 radical (unpaired) electrons. The summed E-state index contributed by atoms with van der Waals surface area (Å²) < 4.78 is 5.33. The van der Waals surface area contributed by atoms with E-state index >= 15 is 0 Å². The van der Waals surface area contributed by atoms with Gasteiger partial charge in [-0.05, 0) is 57.3 Å². The molecule has 1 atom stereocenters. The third-order valence-corrected chi connectivity index (χ3v) is 5.04. The molecule has 0 amide bonds. The molecule has 1 aromatic carbocycles. The van der Waals surface area contributed by atoms with E-state index in [0.29, 0.717) is 11.7 Å². The van der Waals surface area contributed by atoms with Gasteiger partial charge in [-0.25, -0.2) is 0 Å². The number of hydrogen-bond donors (Lipinski definition) is 1. The number of nitrogens with one attached hydrogen (secondary N) is 1. The second-order valence-corrected chi connectivity index (χ2v) is 6.46. The van der Waals surface area contributed by atoms with Crippen molar-refractivity contribution in [2.75, 3.05) is 13.1 Å². The summed E-state index contributed by atoms with van der Waals surface area (Å²) in [6.07, 6.45) is 4.52. The zero-order valence-corrected chi connectivity index (χ0v) is 13.6. The molecule has 0 bridgehead atoms. The predicted molar refractivity (Wildman–Crippen MR) is 89.3 cm³/mol. The predicted octanol–water partition coefficient (Wildman–Crippen LogP) is 3.80. The van der Waals surface area contributed by atoms with Crippen LogP contribution in [0.25, 0.3) is 10.9 Å². The minimum atomic E-state index is 0.195. The Balaban J connectivity index is 1.46. The van der Waals surface area contributed by atoms with E-state index in [2.05, 4.69) is 57.4 Å². The lowest BCUT2D eigenvalue weighted by molar-refractivity contribution is 0.136. The molecule has 1 unspecified atom stereocenters. The minimum absolute atomic E-state index is 0.195. The minimum Gasteiger partial charge on any atom is -0.361 e. The number of benzene rings is 1. The van der Waals surface area contributed by atoms with E-state index in [9.17, 15) is 0 Å². The number of aryl methyl sites for hydroxylation is 1. The molecule has 120 valence electrons. The maximum absolute atomic E-state index is 5.33. The highest BCUT2D eigenvalue weighted by Gasteiger charge is 2.28. The van der Waals surface area contributed by atoms with Crippen molar-refractivity contribution in [1.82, 2.24) is 20.0 Å². The van der Waals surface area contributed by atoms with Gasteiger partial charge in [-0.1, -0.05) is 23.4 Å². The first-order valence-corrected chi connectivity index (χ1v) is 8.32. The summed E-state index contributed by atoms with van der Waals surface area (Å²) in [6, 6.07) is 8.76. The number of likely N-dealkylation sites (tertiary alicyclic amines) is 1. The smallest absolute Gasteiger partial charge is 0.243 e. The topological polar surface area (TPSA) is 58.0 Å². The molecule has 1 fully saturated rings. The first-order chi connectivity index (χ1) is 11.2. The van der Waals surface area contributed by atoms with Crippen molar-refractivity contribution in [3.05, 3.63) is 47.7 Å². The molecule has 1 N–H and O–H groups in total. The fraction of sp³-hybridized carbons (Fsp3) is 0.444. The van der Waals surface area contributed by atoms with Gasteiger partial charge in [0.25, 0.3) is 0 Å². The molecule has 1 saturated heterocycles. The number of aromatic nitrogens is 3. The van der Waals surface area contributed by atoms with E-state index < -0.39 is 0 Å². The van der Waals surface area contributed by atoms with Crippen molar-refractivity contribution >= 4 is 10.9 Å². The first kappa shape index (κ1) is 14.5. The molecule has 3 heterocycles. The summed E-state index contributed by atoms with van der Waals surface area (Å²) in [5.41, 5.74) is 2.70. The van der Waals surface area contributed by atoms with Crippen LogP contribution in [0, 0.1) is 6.92 Å². The maximum atomic E-state index is 5.33. The van der Waals surface area contributed by atoms with Gasteiger partial charge in [-0.2, -0.15) is 4.98 Å². The highest BCUT2D eigenvalue weighted by Crippen LogP contribution is 2.35. The maximum Gasteiger partial charge on any atom is 0.243 e. The van der Waals surface area contributed by atoms with E-state index in [4.69, 9.17) is 4.52 Å². The van der Waals surface area contributed by atoms with Crippen molar-refractivity contribution in [3.8, 4) is 0 Å². The van der Waals surface area contributed by atoms with Crippen LogP contribution >= 0.6 is 0 Å². The molecule has 1 aliphatic heterocycles. The quantitative estimate of drug-likeness (QED) is 0.799. The third-order valence-electron chi connectivity index (χ3n) is 5.04.